The van der Waals surface area contributed by atoms with Gasteiger partial charge in [-0.1, -0.05) is 19.2 Å². The lowest BCUT2D eigenvalue weighted by atomic mass is 10.5. The Labute approximate surface area is 61.7 Å². The van der Waals surface area contributed by atoms with Crippen LogP contribution >= 0.6 is 0 Å². The van der Waals surface area contributed by atoms with Gasteiger partial charge in [-0.2, -0.15) is 0 Å². The molecule has 0 saturated carbocycles. The fraction of sp³-hybridized carbons (Fsp3) is 0.125. The molecule has 2 nitrogen and oxygen atoms in total. The van der Waals surface area contributed by atoms with E-state index in [1.54, 1.807) is 17.3 Å². The number of rotatable bonds is 3. The van der Waals surface area contributed by atoms with Gasteiger partial charge in [0.25, 0.3) is 0 Å². The summed E-state index contributed by atoms with van der Waals surface area (Å²) in [6.45, 7) is 8.88. The predicted molar refractivity (Wildman–Crippen MR) is 44.8 cm³/mol. The minimum atomic E-state index is 0.327. The van der Waals surface area contributed by atoms with Gasteiger partial charge in [-0.15, -0.1) is 0 Å². The molecule has 0 aliphatic carbocycles. The number of amidine groups is 1. The van der Waals surface area contributed by atoms with E-state index in [0.717, 1.165) is 0 Å². The summed E-state index contributed by atoms with van der Waals surface area (Å²) in [6, 6.07) is 0. The van der Waals surface area contributed by atoms with Crippen molar-refractivity contribution in [3.05, 3.63) is 37.7 Å². The van der Waals surface area contributed by atoms with Crippen LogP contribution in [0.2, 0.25) is 0 Å². The van der Waals surface area contributed by atoms with Crippen molar-refractivity contribution < 1.29 is 0 Å². The maximum absolute atomic E-state index is 7.28. The van der Waals surface area contributed by atoms with Crippen molar-refractivity contribution >= 4 is 5.84 Å². The number of nitrogens with one attached hydrogen (secondary N) is 1. The fourth-order valence-corrected chi connectivity index (χ4v) is 0.506. The zero-order chi connectivity index (χ0) is 7.98. The van der Waals surface area contributed by atoms with Gasteiger partial charge in [0.2, 0.25) is 0 Å². The third-order valence-corrected chi connectivity index (χ3v) is 0.978. The van der Waals surface area contributed by atoms with E-state index in [4.69, 9.17) is 5.41 Å². The first-order valence-corrected chi connectivity index (χ1v) is 3.01. The molecule has 0 aromatic rings. The summed E-state index contributed by atoms with van der Waals surface area (Å²) in [5.41, 5.74) is 0. The molecule has 0 heterocycles. The molecule has 0 aliphatic heterocycles. The van der Waals surface area contributed by atoms with E-state index < -0.39 is 0 Å². The lowest BCUT2D eigenvalue weighted by Gasteiger charge is -2.11. The van der Waals surface area contributed by atoms with Crippen LogP contribution in [0.4, 0.5) is 0 Å². The molecule has 0 aromatic carbocycles. The van der Waals surface area contributed by atoms with Gasteiger partial charge in [-0.05, 0) is 13.0 Å². The highest BCUT2D eigenvalue weighted by Gasteiger charge is 1.93. The van der Waals surface area contributed by atoms with Gasteiger partial charge in [0.15, 0.2) is 0 Å². The molecule has 0 atom stereocenters. The van der Waals surface area contributed by atoms with Gasteiger partial charge >= 0.3 is 0 Å². The fourth-order valence-electron chi connectivity index (χ4n) is 0.506. The van der Waals surface area contributed by atoms with Crippen LogP contribution in [0.1, 0.15) is 6.92 Å². The largest absolute Gasteiger partial charge is 0.310 e. The smallest absolute Gasteiger partial charge is 0.128 e. The van der Waals surface area contributed by atoms with Crippen LogP contribution in [0.15, 0.2) is 37.7 Å². The Morgan fingerprint density at radius 1 is 1.50 bits per heavy atom. The first kappa shape index (κ1) is 8.69. The molecular formula is C8H12N2. The molecule has 1 N–H and O–H groups in total. The first-order chi connectivity index (χ1) is 4.76. The van der Waals surface area contributed by atoms with E-state index in [1.807, 2.05) is 13.0 Å². The minimum Gasteiger partial charge on any atom is -0.310 e. The summed E-state index contributed by atoms with van der Waals surface area (Å²) >= 11 is 0. The molecule has 10 heavy (non-hydrogen) atoms. The second kappa shape index (κ2) is 4.56. The second-order valence-corrected chi connectivity index (χ2v) is 1.66. The van der Waals surface area contributed by atoms with E-state index in [2.05, 4.69) is 13.2 Å². The van der Waals surface area contributed by atoms with Gasteiger partial charge in [0.05, 0.1) is 0 Å². The highest BCUT2D eigenvalue weighted by Crippen LogP contribution is 1.92. The number of hydrogen-bond acceptors (Lipinski definition) is 1. The summed E-state index contributed by atoms with van der Waals surface area (Å²) in [4.78, 5) is 1.58. The Kier molecular flexibility index (Phi) is 3.96. The summed E-state index contributed by atoms with van der Waals surface area (Å²) in [5.74, 6) is 0.327. The van der Waals surface area contributed by atoms with Crippen LogP contribution < -0.4 is 0 Å². The molecule has 0 aliphatic rings. The van der Waals surface area contributed by atoms with Crippen molar-refractivity contribution in [1.29, 1.82) is 5.41 Å². The van der Waals surface area contributed by atoms with Gasteiger partial charge in [-0.3, -0.25) is 5.41 Å². The van der Waals surface area contributed by atoms with Crippen molar-refractivity contribution in [2.24, 2.45) is 0 Å². The Balaban J connectivity index is 4.19. The molecular weight excluding hydrogens is 124 g/mol. The zero-order valence-electron chi connectivity index (χ0n) is 6.17. The third-order valence-electron chi connectivity index (χ3n) is 0.978. The Bertz CT molecular complexity index is 168. The normalized spacial score (nSPS) is 9.30. The van der Waals surface area contributed by atoms with Crippen molar-refractivity contribution in [3.63, 3.8) is 0 Å². The van der Waals surface area contributed by atoms with Crippen LogP contribution in [0.3, 0.4) is 0 Å². The molecule has 0 aromatic heterocycles. The Morgan fingerprint density at radius 3 is 2.40 bits per heavy atom. The van der Waals surface area contributed by atoms with Gasteiger partial charge in [0.1, 0.15) is 5.84 Å². The number of hydrogen-bond donors (Lipinski definition) is 1. The zero-order valence-corrected chi connectivity index (χ0v) is 6.17. The van der Waals surface area contributed by atoms with E-state index in [1.165, 1.54) is 6.08 Å². The average Bonchev–Trinajstić information content (AvgIpc) is 1.99. The highest BCUT2D eigenvalue weighted by atomic mass is 15.1. The molecule has 0 amide bonds. The minimum absolute atomic E-state index is 0.327. The number of nitrogens with zero attached hydrogens (tertiary/aromatic N) is 1. The molecule has 0 spiro atoms. The average molecular weight is 136 g/mol. The summed E-state index contributed by atoms with van der Waals surface area (Å²) in [7, 11) is 0. The molecule has 0 unspecified atom stereocenters. The van der Waals surface area contributed by atoms with Crippen LogP contribution in [-0.2, 0) is 0 Å². The Morgan fingerprint density at radius 2 is 2.10 bits per heavy atom. The van der Waals surface area contributed by atoms with Crippen molar-refractivity contribution in [3.8, 4) is 0 Å². The highest BCUT2D eigenvalue weighted by molar-refractivity contribution is 5.91. The van der Waals surface area contributed by atoms with Gasteiger partial charge in [0, 0.05) is 12.4 Å². The van der Waals surface area contributed by atoms with E-state index in [9.17, 15) is 0 Å². The Hall–Kier alpha value is -1.31. The number of allylic oxidation sites excluding steroid dienone is 1. The standard InChI is InChI=1S/C8H12N2/c1-4-7-10(6-3)8(9)5-2/h4-7,9H,2-3H2,1H3/b7-4-,9-8?. The van der Waals surface area contributed by atoms with E-state index >= 15 is 0 Å². The van der Waals surface area contributed by atoms with Gasteiger partial charge < -0.3 is 4.90 Å². The SMILES string of the molecule is C=CC(=N)N(C=C)/C=C\C. The quantitative estimate of drug-likeness (QED) is 0.467. The molecule has 0 saturated heterocycles. The molecule has 54 valence electrons. The van der Waals surface area contributed by atoms with Crippen molar-refractivity contribution in [1.82, 2.24) is 4.90 Å². The van der Waals surface area contributed by atoms with Crippen molar-refractivity contribution in [2.45, 2.75) is 6.92 Å². The van der Waals surface area contributed by atoms with Crippen LogP contribution in [0.5, 0.6) is 0 Å². The molecule has 2 heteroatoms. The lowest BCUT2D eigenvalue weighted by Crippen LogP contribution is -2.15. The second-order valence-electron chi connectivity index (χ2n) is 1.66. The lowest BCUT2D eigenvalue weighted by molar-refractivity contribution is 0.758. The first-order valence-electron chi connectivity index (χ1n) is 3.01. The molecule has 0 rings (SSSR count). The third kappa shape index (κ3) is 2.31. The van der Waals surface area contributed by atoms with Crippen LogP contribution in [0, 0.1) is 5.41 Å². The van der Waals surface area contributed by atoms with Crippen molar-refractivity contribution in [2.75, 3.05) is 0 Å². The monoisotopic (exact) mass is 136 g/mol. The molecule has 0 fully saturated rings. The summed E-state index contributed by atoms with van der Waals surface area (Å²) < 4.78 is 0. The summed E-state index contributed by atoms with van der Waals surface area (Å²) in [5, 5.41) is 7.28. The maximum Gasteiger partial charge on any atom is 0.128 e. The molecule has 0 radical (unpaired) electrons. The van der Waals surface area contributed by atoms with E-state index in [0.29, 0.717) is 5.84 Å². The maximum atomic E-state index is 7.28. The van der Waals surface area contributed by atoms with Crippen LogP contribution in [0.25, 0.3) is 0 Å². The van der Waals surface area contributed by atoms with Gasteiger partial charge in [-0.25, -0.2) is 0 Å². The van der Waals surface area contributed by atoms with Crippen LogP contribution in [-0.4, -0.2) is 10.7 Å². The topological polar surface area (TPSA) is 27.1 Å². The van der Waals surface area contributed by atoms with E-state index in [-0.39, 0.29) is 0 Å². The predicted octanol–water partition coefficient (Wildman–Crippen LogP) is 2.13. The summed E-state index contributed by atoms with van der Waals surface area (Å²) in [6.07, 6.45) is 6.60. The molecule has 0 bridgehead atoms.